The maximum Gasteiger partial charge on any atom is 0.128 e. The lowest BCUT2D eigenvalue weighted by Gasteiger charge is -2.10. The number of hydrogen-bond acceptors (Lipinski definition) is 3. The van der Waals surface area contributed by atoms with E-state index < -0.39 is 0 Å². The molecule has 0 saturated carbocycles. The van der Waals surface area contributed by atoms with Crippen LogP contribution in [0.1, 0.15) is 18.5 Å². The first-order valence-corrected chi connectivity index (χ1v) is 8.97. The standard InChI is InChI=1S/C24H21NO2/c1-17(25)18-7-8-20-16-24(10-9-19(20)15-18)27-23-13-11-22(12-14-23)26-21-5-3-2-4-6-21/h2-17H,25H2,1H3. The molecule has 4 aromatic carbocycles. The largest absolute Gasteiger partial charge is 0.457 e. The van der Waals surface area contributed by atoms with Crippen molar-refractivity contribution in [2.45, 2.75) is 13.0 Å². The average Bonchev–Trinajstić information content (AvgIpc) is 2.70. The molecule has 0 radical (unpaired) electrons. The van der Waals surface area contributed by atoms with Gasteiger partial charge in [-0.3, -0.25) is 0 Å². The number of nitrogens with two attached hydrogens (primary N) is 1. The minimum atomic E-state index is 0.0296. The fraction of sp³-hybridized carbons (Fsp3) is 0.0833. The predicted octanol–water partition coefficient (Wildman–Crippen LogP) is 6.44. The van der Waals surface area contributed by atoms with Gasteiger partial charge in [0.1, 0.15) is 23.0 Å². The van der Waals surface area contributed by atoms with E-state index in [0.29, 0.717) is 0 Å². The van der Waals surface area contributed by atoms with Crippen LogP contribution in [0.15, 0.2) is 91.0 Å². The Morgan fingerprint density at radius 3 is 1.78 bits per heavy atom. The average molecular weight is 355 g/mol. The summed E-state index contributed by atoms with van der Waals surface area (Å²) in [6.07, 6.45) is 0. The number of fused-ring (bicyclic) bond motifs is 1. The summed E-state index contributed by atoms with van der Waals surface area (Å²) in [6.45, 7) is 1.99. The van der Waals surface area contributed by atoms with Crippen molar-refractivity contribution in [3.05, 3.63) is 96.6 Å². The van der Waals surface area contributed by atoms with E-state index >= 15 is 0 Å². The van der Waals surface area contributed by atoms with Crippen molar-refractivity contribution in [3.8, 4) is 23.0 Å². The molecule has 3 nitrogen and oxygen atoms in total. The Labute approximate surface area is 159 Å². The van der Waals surface area contributed by atoms with Crippen LogP contribution in [0.2, 0.25) is 0 Å². The topological polar surface area (TPSA) is 44.5 Å². The van der Waals surface area contributed by atoms with Crippen LogP contribution in [0.5, 0.6) is 23.0 Å². The van der Waals surface area contributed by atoms with E-state index in [1.54, 1.807) is 0 Å². The van der Waals surface area contributed by atoms with Gasteiger partial charge in [0.2, 0.25) is 0 Å². The van der Waals surface area contributed by atoms with Gasteiger partial charge in [0.15, 0.2) is 0 Å². The number of ether oxygens (including phenoxy) is 2. The molecule has 0 fully saturated rings. The SMILES string of the molecule is CC(N)c1ccc2cc(Oc3ccc(Oc4ccccc4)cc3)ccc2c1. The van der Waals surface area contributed by atoms with Crippen molar-refractivity contribution >= 4 is 10.8 Å². The number of hydrogen-bond donors (Lipinski definition) is 1. The van der Waals surface area contributed by atoms with Crippen LogP contribution in [0.4, 0.5) is 0 Å². The second-order valence-electron chi connectivity index (χ2n) is 6.55. The van der Waals surface area contributed by atoms with E-state index in [0.717, 1.165) is 39.3 Å². The Morgan fingerprint density at radius 2 is 1.11 bits per heavy atom. The maximum atomic E-state index is 5.99. The van der Waals surface area contributed by atoms with Gasteiger partial charge in [-0.15, -0.1) is 0 Å². The van der Waals surface area contributed by atoms with Gasteiger partial charge in [-0.2, -0.15) is 0 Å². The van der Waals surface area contributed by atoms with Gasteiger partial charge in [0.05, 0.1) is 0 Å². The highest BCUT2D eigenvalue weighted by atomic mass is 16.5. The third-order valence-electron chi connectivity index (χ3n) is 4.40. The Morgan fingerprint density at radius 1 is 0.593 bits per heavy atom. The summed E-state index contributed by atoms with van der Waals surface area (Å²) in [5.41, 5.74) is 7.09. The molecule has 0 aliphatic carbocycles. The van der Waals surface area contributed by atoms with Gasteiger partial charge < -0.3 is 15.2 Å². The molecular weight excluding hydrogens is 334 g/mol. The molecule has 1 unspecified atom stereocenters. The lowest BCUT2D eigenvalue weighted by Crippen LogP contribution is -2.04. The normalized spacial score (nSPS) is 11.9. The minimum Gasteiger partial charge on any atom is -0.457 e. The second-order valence-corrected chi connectivity index (χ2v) is 6.55. The van der Waals surface area contributed by atoms with E-state index in [-0.39, 0.29) is 6.04 Å². The summed E-state index contributed by atoms with van der Waals surface area (Å²) in [5, 5.41) is 2.28. The smallest absolute Gasteiger partial charge is 0.128 e. The maximum absolute atomic E-state index is 5.99. The molecule has 0 aliphatic rings. The molecule has 0 amide bonds. The summed E-state index contributed by atoms with van der Waals surface area (Å²) >= 11 is 0. The molecule has 0 aromatic heterocycles. The molecule has 2 N–H and O–H groups in total. The van der Waals surface area contributed by atoms with Crippen molar-refractivity contribution in [1.82, 2.24) is 0 Å². The number of benzene rings is 4. The van der Waals surface area contributed by atoms with Crippen molar-refractivity contribution in [1.29, 1.82) is 0 Å². The summed E-state index contributed by atoms with van der Waals surface area (Å²) in [4.78, 5) is 0. The molecule has 1 atom stereocenters. The monoisotopic (exact) mass is 355 g/mol. The lowest BCUT2D eigenvalue weighted by molar-refractivity contribution is 0.469. The van der Waals surface area contributed by atoms with Gasteiger partial charge in [0, 0.05) is 6.04 Å². The highest BCUT2D eigenvalue weighted by Crippen LogP contribution is 2.29. The summed E-state index contributed by atoms with van der Waals surface area (Å²) in [6, 6.07) is 29.7. The van der Waals surface area contributed by atoms with Crippen molar-refractivity contribution < 1.29 is 9.47 Å². The van der Waals surface area contributed by atoms with E-state index in [1.807, 2.05) is 73.7 Å². The van der Waals surface area contributed by atoms with Gasteiger partial charge in [-0.1, -0.05) is 36.4 Å². The van der Waals surface area contributed by atoms with Crippen LogP contribution in [0, 0.1) is 0 Å². The van der Waals surface area contributed by atoms with Gasteiger partial charge >= 0.3 is 0 Å². The van der Waals surface area contributed by atoms with E-state index in [2.05, 4.69) is 24.3 Å². The van der Waals surface area contributed by atoms with E-state index in [9.17, 15) is 0 Å². The molecule has 0 aliphatic heterocycles. The van der Waals surface area contributed by atoms with Crippen LogP contribution in [-0.4, -0.2) is 0 Å². The van der Waals surface area contributed by atoms with Crippen LogP contribution >= 0.6 is 0 Å². The highest BCUT2D eigenvalue weighted by molar-refractivity contribution is 5.84. The van der Waals surface area contributed by atoms with E-state index in [4.69, 9.17) is 15.2 Å². The fourth-order valence-corrected chi connectivity index (χ4v) is 2.93. The lowest BCUT2D eigenvalue weighted by atomic mass is 10.0. The molecule has 3 heteroatoms. The predicted molar refractivity (Wildman–Crippen MR) is 110 cm³/mol. The molecule has 0 heterocycles. The molecule has 4 rings (SSSR count). The van der Waals surface area contributed by atoms with Gasteiger partial charge in [-0.05, 0) is 77.9 Å². The zero-order valence-corrected chi connectivity index (χ0v) is 15.1. The fourth-order valence-electron chi connectivity index (χ4n) is 2.93. The number of para-hydroxylation sites is 1. The first kappa shape index (κ1) is 17.1. The molecule has 27 heavy (non-hydrogen) atoms. The Balaban J connectivity index is 1.49. The quantitative estimate of drug-likeness (QED) is 0.448. The Kier molecular flexibility index (Phi) is 4.77. The van der Waals surface area contributed by atoms with Crippen LogP contribution in [0.3, 0.4) is 0 Å². The third kappa shape index (κ3) is 4.10. The van der Waals surface area contributed by atoms with Gasteiger partial charge in [-0.25, -0.2) is 0 Å². The van der Waals surface area contributed by atoms with E-state index in [1.165, 1.54) is 0 Å². The van der Waals surface area contributed by atoms with Crippen molar-refractivity contribution in [3.63, 3.8) is 0 Å². The Hall–Kier alpha value is -3.30. The first-order chi connectivity index (χ1) is 13.2. The third-order valence-corrected chi connectivity index (χ3v) is 4.40. The first-order valence-electron chi connectivity index (χ1n) is 8.97. The summed E-state index contributed by atoms with van der Waals surface area (Å²) < 4.78 is 11.8. The second kappa shape index (κ2) is 7.52. The van der Waals surface area contributed by atoms with Crippen LogP contribution in [0.25, 0.3) is 10.8 Å². The zero-order chi connectivity index (χ0) is 18.6. The molecule has 4 aromatic rings. The van der Waals surface area contributed by atoms with Crippen molar-refractivity contribution in [2.24, 2.45) is 5.73 Å². The van der Waals surface area contributed by atoms with Crippen molar-refractivity contribution in [2.75, 3.05) is 0 Å². The Bertz CT molecular complexity index is 1040. The number of rotatable bonds is 5. The minimum absolute atomic E-state index is 0.0296. The van der Waals surface area contributed by atoms with Crippen LogP contribution in [-0.2, 0) is 0 Å². The molecule has 0 saturated heterocycles. The molecular formula is C24H21NO2. The summed E-state index contributed by atoms with van der Waals surface area (Å²) in [5.74, 6) is 3.15. The molecule has 0 bridgehead atoms. The zero-order valence-electron chi connectivity index (χ0n) is 15.1. The molecule has 134 valence electrons. The van der Waals surface area contributed by atoms with Crippen LogP contribution < -0.4 is 15.2 Å². The van der Waals surface area contributed by atoms with Gasteiger partial charge in [0.25, 0.3) is 0 Å². The summed E-state index contributed by atoms with van der Waals surface area (Å²) in [7, 11) is 0. The molecule has 0 spiro atoms. The highest BCUT2D eigenvalue weighted by Gasteiger charge is 2.04.